The van der Waals surface area contributed by atoms with E-state index in [1.165, 1.54) is 10.9 Å². The molecule has 2 heteroatoms. The summed E-state index contributed by atoms with van der Waals surface area (Å²) in [6, 6.07) is 8.71. The first-order chi connectivity index (χ1) is 5.38. The minimum absolute atomic E-state index is 0.687. The van der Waals surface area contributed by atoms with Gasteiger partial charge in [0.1, 0.15) is 0 Å². The largest absolute Gasteiger partial charge is 0.294 e. The van der Waals surface area contributed by atoms with Crippen LogP contribution in [0.4, 0.5) is 0 Å². The Balaban J connectivity index is 2.44. The third-order valence-corrected chi connectivity index (χ3v) is 3.23. The van der Waals surface area contributed by atoms with Crippen LogP contribution in [0.15, 0.2) is 24.3 Å². The average molecular weight is 165 g/mol. The molecule has 1 aromatic rings. The molecule has 1 nitrogen and oxygen atoms in total. The molecule has 0 saturated carbocycles. The first kappa shape index (κ1) is 7.27. The minimum Gasteiger partial charge on any atom is -0.294 e. The van der Waals surface area contributed by atoms with E-state index in [0.717, 1.165) is 15.3 Å². The van der Waals surface area contributed by atoms with Gasteiger partial charge in [-0.25, -0.2) is 0 Å². The molecule has 2 rings (SSSR count). The molecule has 2 unspecified atom stereocenters. The maximum atomic E-state index is 3.42. The Morgan fingerprint density at radius 1 is 1.45 bits per heavy atom. The fraction of sp³-hybridized carbons (Fsp3) is 0.333. The summed E-state index contributed by atoms with van der Waals surface area (Å²) in [5.74, 6) is 0.687. The third kappa shape index (κ3) is 1.31. The summed E-state index contributed by atoms with van der Waals surface area (Å²) in [7, 11) is 0.809. The lowest BCUT2D eigenvalue weighted by molar-refractivity contribution is 0.734. The van der Waals surface area contributed by atoms with Gasteiger partial charge in [-0.2, -0.15) is 0 Å². The fourth-order valence-electron chi connectivity index (χ4n) is 1.45. The molecular formula is C9H12NP. The Bertz CT molecular complexity index is 259. The van der Waals surface area contributed by atoms with Gasteiger partial charge in [0.25, 0.3) is 0 Å². The lowest BCUT2D eigenvalue weighted by atomic mass is 10.0. The van der Waals surface area contributed by atoms with Gasteiger partial charge >= 0.3 is 0 Å². The Labute approximate surface area is 69.0 Å². The third-order valence-electron chi connectivity index (χ3n) is 2.12. The first-order valence-electron chi connectivity index (χ1n) is 3.96. The van der Waals surface area contributed by atoms with Gasteiger partial charge in [0.05, 0.1) is 0 Å². The molecule has 0 fully saturated rings. The van der Waals surface area contributed by atoms with E-state index >= 15 is 0 Å². The standard InChI is InChI=1S/C9H12NP/c1-7-6-10-11-9-5-3-2-4-8(7)9/h2-5,7,10-11H,6H2,1H3. The number of hydrogen-bond donors (Lipinski definition) is 1. The Morgan fingerprint density at radius 2 is 2.27 bits per heavy atom. The van der Waals surface area contributed by atoms with Gasteiger partial charge in [-0.3, -0.25) is 5.09 Å². The summed E-state index contributed by atoms with van der Waals surface area (Å²) in [4.78, 5) is 0. The molecule has 0 aliphatic carbocycles. The molecule has 1 aliphatic rings. The fourth-order valence-corrected chi connectivity index (χ4v) is 2.70. The van der Waals surface area contributed by atoms with Gasteiger partial charge in [0, 0.05) is 6.54 Å². The summed E-state index contributed by atoms with van der Waals surface area (Å²) in [6.45, 7) is 3.41. The van der Waals surface area contributed by atoms with E-state index in [1.54, 1.807) is 0 Å². The highest BCUT2D eigenvalue weighted by Crippen LogP contribution is 2.23. The molecule has 0 saturated heterocycles. The topological polar surface area (TPSA) is 12.0 Å². The molecule has 0 spiro atoms. The highest BCUT2D eigenvalue weighted by molar-refractivity contribution is 7.45. The molecule has 0 amide bonds. The van der Waals surface area contributed by atoms with Crippen molar-refractivity contribution in [3.63, 3.8) is 0 Å². The predicted octanol–water partition coefficient (Wildman–Crippen LogP) is 1.61. The van der Waals surface area contributed by atoms with Crippen LogP contribution in [0.25, 0.3) is 0 Å². The molecule has 0 bridgehead atoms. The maximum absolute atomic E-state index is 3.42. The molecule has 0 aromatic heterocycles. The average Bonchev–Trinajstić information content (AvgIpc) is 2.06. The van der Waals surface area contributed by atoms with E-state index in [1.807, 2.05) is 0 Å². The molecule has 1 aromatic carbocycles. The Hall–Kier alpha value is -0.390. The number of benzene rings is 1. The van der Waals surface area contributed by atoms with Gasteiger partial charge in [0.15, 0.2) is 0 Å². The van der Waals surface area contributed by atoms with Crippen LogP contribution in [-0.2, 0) is 0 Å². The summed E-state index contributed by atoms with van der Waals surface area (Å²) >= 11 is 0. The van der Waals surface area contributed by atoms with Crippen LogP contribution >= 0.6 is 8.73 Å². The molecule has 1 heterocycles. The molecule has 58 valence electrons. The van der Waals surface area contributed by atoms with Crippen LogP contribution in [0.5, 0.6) is 0 Å². The zero-order valence-electron chi connectivity index (χ0n) is 6.59. The van der Waals surface area contributed by atoms with Crippen molar-refractivity contribution in [2.24, 2.45) is 0 Å². The van der Waals surface area contributed by atoms with E-state index in [2.05, 4.69) is 36.3 Å². The predicted molar refractivity (Wildman–Crippen MR) is 50.8 cm³/mol. The van der Waals surface area contributed by atoms with Crippen LogP contribution < -0.4 is 10.4 Å². The Morgan fingerprint density at radius 3 is 3.09 bits per heavy atom. The van der Waals surface area contributed by atoms with E-state index in [9.17, 15) is 0 Å². The first-order valence-corrected chi connectivity index (χ1v) is 4.96. The van der Waals surface area contributed by atoms with Crippen LogP contribution in [0.1, 0.15) is 18.4 Å². The van der Waals surface area contributed by atoms with Gasteiger partial charge < -0.3 is 0 Å². The van der Waals surface area contributed by atoms with E-state index in [4.69, 9.17) is 0 Å². The monoisotopic (exact) mass is 165 g/mol. The summed E-state index contributed by atoms with van der Waals surface area (Å²) in [5, 5.41) is 4.91. The van der Waals surface area contributed by atoms with E-state index in [-0.39, 0.29) is 0 Å². The number of fused-ring (bicyclic) bond motifs is 1. The second-order valence-electron chi connectivity index (χ2n) is 2.99. The van der Waals surface area contributed by atoms with Crippen LogP contribution in [0, 0.1) is 0 Å². The number of rotatable bonds is 0. The van der Waals surface area contributed by atoms with Crippen LogP contribution in [0.2, 0.25) is 0 Å². The normalized spacial score (nSPS) is 25.0. The summed E-state index contributed by atoms with van der Waals surface area (Å²) in [6.07, 6.45) is 0. The number of nitrogens with one attached hydrogen (secondary N) is 1. The second kappa shape index (κ2) is 2.92. The lowest BCUT2D eigenvalue weighted by Gasteiger charge is -2.22. The Kier molecular flexibility index (Phi) is 1.93. The highest BCUT2D eigenvalue weighted by Gasteiger charge is 2.13. The summed E-state index contributed by atoms with van der Waals surface area (Å²) < 4.78 is 0. The van der Waals surface area contributed by atoms with Crippen molar-refractivity contribution in [2.45, 2.75) is 12.8 Å². The minimum atomic E-state index is 0.687. The zero-order chi connectivity index (χ0) is 7.68. The van der Waals surface area contributed by atoms with Gasteiger partial charge in [-0.05, 0) is 25.5 Å². The van der Waals surface area contributed by atoms with Crippen molar-refractivity contribution < 1.29 is 0 Å². The smallest absolute Gasteiger partial charge is 0.00572 e. The lowest BCUT2D eigenvalue weighted by Crippen LogP contribution is -2.25. The highest BCUT2D eigenvalue weighted by atomic mass is 31.1. The van der Waals surface area contributed by atoms with Crippen LogP contribution in [-0.4, -0.2) is 6.54 Å². The number of hydrogen-bond acceptors (Lipinski definition) is 1. The molecule has 0 radical (unpaired) electrons. The molecule has 2 atom stereocenters. The molecular weight excluding hydrogens is 153 g/mol. The van der Waals surface area contributed by atoms with Crippen molar-refractivity contribution in [3.8, 4) is 0 Å². The molecule has 11 heavy (non-hydrogen) atoms. The SMILES string of the molecule is CC1CNPc2ccccc21. The van der Waals surface area contributed by atoms with Crippen LogP contribution in [0.3, 0.4) is 0 Å². The molecule has 1 N–H and O–H groups in total. The van der Waals surface area contributed by atoms with Crippen molar-refractivity contribution in [3.05, 3.63) is 29.8 Å². The van der Waals surface area contributed by atoms with Crippen molar-refractivity contribution >= 4 is 14.0 Å². The van der Waals surface area contributed by atoms with E-state index < -0.39 is 0 Å². The van der Waals surface area contributed by atoms with Crippen molar-refractivity contribution in [1.29, 1.82) is 0 Å². The van der Waals surface area contributed by atoms with Crippen molar-refractivity contribution in [1.82, 2.24) is 5.09 Å². The second-order valence-corrected chi connectivity index (χ2v) is 4.14. The molecule has 1 aliphatic heterocycles. The zero-order valence-corrected chi connectivity index (χ0v) is 7.59. The van der Waals surface area contributed by atoms with E-state index in [0.29, 0.717) is 5.92 Å². The summed E-state index contributed by atoms with van der Waals surface area (Å²) in [5.41, 5.74) is 1.53. The van der Waals surface area contributed by atoms with Gasteiger partial charge in [-0.15, -0.1) is 0 Å². The van der Waals surface area contributed by atoms with Gasteiger partial charge in [-0.1, -0.05) is 31.2 Å². The quantitative estimate of drug-likeness (QED) is 0.576. The van der Waals surface area contributed by atoms with Crippen molar-refractivity contribution in [2.75, 3.05) is 6.54 Å². The van der Waals surface area contributed by atoms with Gasteiger partial charge in [0.2, 0.25) is 0 Å². The maximum Gasteiger partial charge on any atom is 0.00572 e.